The van der Waals surface area contributed by atoms with Crippen molar-refractivity contribution in [1.29, 1.82) is 0 Å². The topological polar surface area (TPSA) is 59.5 Å². The summed E-state index contributed by atoms with van der Waals surface area (Å²) in [6, 6.07) is 0.621. The Morgan fingerprint density at radius 3 is 2.95 bits per heavy atom. The van der Waals surface area contributed by atoms with E-state index in [-0.39, 0.29) is 0 Å². The zero-order valence-corrected chi connectivity index (χ0v) is 13.3. The Morgan fingerprint density at radius 2 is 2.29 bits per heavy atom. The summed E-state index contributed by atoms with van der Waals surface area (Å²) in [6.07, 6.45) is 6.09. The SMILES string of the molecule is CCCNc1ncnc(OCCC2CCCN2C)c1OC. The molecule has 2 heterocycles. The van der Waals surface area contributed by atoms with Crippen LogP contribution in [0, 0.1) is 0 Å². The minimum absolute atomic E-state index is 0.520. The highest BCUT2D eigenvalue weighted by Gasteiger charge is 2.21. The third-order valence-electron chi connectivity index (χ3n) is 3.88. The number of ether oxygens (including phenoxy) is 2. The molecule has 0 amide bonds. The predicted molar refractivity (Wildman–Crippen MR) is 83.1 cm³/mol. The van der Waals surface area contributed by atoms with Gasteiger partial charge in [-0.05, 0) is 39.3 Å². The van der Waals surface area contributed by atoms with E-state index in [0.29, 0.717) is 30.1 Å². The van der Waals surface area contributed by atoms with Crippen molar-refractivity contribution in [2.24, 2.45) is 0 Å². The lowest BCUT2D eigenvalue weighted by atomic mass is 10.1. The normalized spacial score (nSPS) is 18.7. The Kier molecular flexibility index (Phi) is 6.04. The second-order valence-corrected chi connectivity index (χ2v) is 5.40. The van der Waals surface area contributed by atoms with Crippen LogP contribution in [0.2, 0.25) is 0 Å². The van der Waals surface area contributed by atoms with Gasteiger partial charge in [0, 0.05) is 12.6 Å². The zero-order valence-electron chi connectivity index (χ0n) is 13.3. The van der Waals surface area contributed by atoms with Gasteiger partial charge in [0.15, 0.2) is 5.82 Å². The highest BCUT2D eigenvalue weighted by Crippen LogP contribution is 2.31. The second kappa shape index (κ2) is 8.02. The molecule has 6 heteroatoms. The van der Waals surface area contributed by atoms with Crippen molar-refractivity contribution in [2.75, 3.05) is 39.2 Å². The van der Waals surface area contributed by atoms with Crippen LogP contribution in [0.15, 0.2) is 6.33 Å². The number of rotatable bonds is 8. The highest BCUT2D eigenvalue weighted by molar-refractivity contribution is 5.54. The molecule has 1 unspecified atom stereocenters. The molecule has 1 aromatic heterocycles. The minimum atomic E-state index is 0.520. The average molecular weight is 294 g/mol. The molecule has 118 valence electrons. The molecule has 1 N–H and O–H groups in total. The third kappa shape index (κ3) is 4.20. The molecule has 1 fully saturated rings. The fourth-order valence-electron chi connectivity index (χ4n) is 2.65. The van der Waals surface area contributed by atoms with Gasteiger partial charge in [0.1, 0.15) is 6.33 Å². The van der Waals surface area contributed by atoms with E-state index in [0.717, 1.165) is 19.4 Å². The van der Waals surface area contributed by atoms with Gasteiger partial charge in [-0.15, -0.1) is 0 Å². The van der Waals surface area contributed by atoms with Gasteiger partial charge < -0.3 is 19.7 Å². The molecule has 1 aliphatic heterocycles. The highest BCUT2D eigenvalue weighted by atomic mass is 16.5. The van der Waals surface area contributed by atoms with Crippen LogP contribution in [0.1, 0.15) is 32.6 Å². The standard InChI is InChI=1S/C15H26N4O2/c1-4-8-16-14-13(20-3)15(18-11-17-14)21-10-7-12-6-5-9-19(12)2/h11-12H,4-10H2,1-3H3,(H,16,17,18). The number of aromatic nitrogens is 2. The van der Waals surface area contributed by atoms with E-state index >= 15 is 0 Å². The van der Waals surface area contributed by atoms with Crippen LogP contribution in [-0.2, 0) is 0 Å². The maximum atomic E-state index is 5.82. The largest absolute Gasteiger partial charge is 0.489 e. The molecule has 0 spiro atoms. The maximum absolute atomic E-state index is 5.82. The minimum Gasteiger partial charge on any atom is -0.489 e. The van der Waals surface area contributed by atoms with Gasteiger partial charge in [-0.3, -0.25) is 0 Å². The van der Waals surface area contributed by atoms with Gasteiger partial charge in [-0.1, -0.05) is 6.92 Å². The molecule has 0 aromatic carbocycles. The fraction of sp³-hybridized carbons (Fsp3) is 0.733. The lowest BCUT2D eigenvalue weighted by molar-refractivity contribution is 0.222. The van der Waals surface area contributed by atoms with Crippen molar-refractivity contribution in [3.05, 3.63) is 6.33 Å². The van der Waals surface area contributed by atoms with Crippen molar-refractivity contribution in [3.63, 3.8) is 0 Å². The molecule has 21 heavy (non-hydrogen) atoms. The van der Waals surface area contributed by atoms with Gasteiger partial charge in [0.2, 0.25) is 5.75 Å². The van der Waals surface area contributed by atoms with Crippen molar-refractivity contribution in [1.82, 2.24) is 14.9 Å². The number of likely N-dealkylation sites (tertiary alicyclic amines) is 1. The van der Waals surface area contributed by atoms with Gasteiger partial charge in [-0.25, -0.2) is 4.98 Å². The summed E-state index contributed by atoms with van der Waals surface area (Å²) < 4.78 is 11.2. The summed E-state index contributed by atoms with van der Waals surface area (Å²) in [5, 5.41) is 3.23. The van der Waals surface area contributed by atoms with Crippen LogP contribution >= 0.6 is 0 Å². The lowest BCUT2D eigenvalue weighted by Crippen LogP contribution is -2.26. The number of nitrogens with zero attached hydrogens (tertiary/aromatic N) is 3. The molecule has 0 radical (unpaired) electrons. The van der Waals surface area contributed by atoms with Crippen LogP contribution in [0.4, 0.5) is 5.82 Å². The summed E-state index contributed by atoms with van der Waals surface area (Å²) in [4.78, 5) is 10.8. The number of hydrogen-bond donors (Lipinski definition) is 1. The number of hydrogen-bond acceptors (Lipinski definition) is 6. The number of methoxy groups -OCH3 is 1. The van der Waals surface area contributed by atoms with Crippen LogP contribution in [0.25, 0.3) is 0 Å². The Balaban J connectivity index is 1.92. The summed E-state index contributed by atoms with van der Waals surface area (Å²) in [7, 11) is 3.79. The molecule has 0 saturated carbocycles. The maximum Gasteiger partial charge on any atom is 0.262 e. The van der Waals surface area contributed by atoms with Crippen LogP contribution in [0.5, 0.6) is 11.6 Å². The molecule has 0 aliphatic carbocycles. The van der Waals surface area contributed by atoms with E-state index in [4.69, 9.17) is 9.47 Å². The molecular formula is C15H26N4O2. The van der Waals surface area contributed by atoms with Gasteiger partial charge in [0.05, 0.1) is 13.7 Å². The van der Waals surface area contributed by atoms with Crippen molar-refractivity contribution in [3.8, 4) is 11.6 Å². The summed E-state index contributed by atoms with van der Waals surface area (Å²) in [5.41, 5.74) is 0. The van der Waals surface area contributed by atoms with E-state index in [2.05, 4.69) is 34.2 Å². The van der Waals surface area contributed by atoms with Crippen LogP contribution in [0.3, 0.4) is 0 Å². The Morgan fingerprint density at radius 1 is 1.43 bits per heavy atom. The molecule has 0 bridgehead atoms. The third-order valence-corrected chi connectivity index (χ3v) is 3.88. The van der Waals surface area contributed by atoms with Gasteiger partial charge >= 0.3 is 0 Å². The van der Waals surface area contributed by atoms with E-state index in [9.17, 15) is 0 Å². The summed E-state index contributed by atoms with van der Waals surface area (Å²) in [5.74, 6) is 1.81. The first-order valence-corrected chi connectivity index (χ1v) is 7.72. The van der Waals surface area contributed by atoms with Crippen molar-refractivity contribution >= 4 is 5.82 Å². The Labute approximate surface area is 126 Å². The van der Waals surface area contributed by atoms with E-state index in [1.54, 1.807) is 7.11 Å². The first kappa shape index (κ1) is 15.8. The van der Waals surface area contributed by atoms with Crippen molar-refractivity contribution in [2.45, 2.75) is 38.6 Å². The lowest BCUT2D eigenvalue weighted by Gasteiger charge is -2.19. The molecular weight excluding hydrogens is 268 g/mol. The molecule has 6 nitrogen and oxygen atoms in total. The first-order valence-electron chi connectivity index (χ1n) is 7.72. The van der Waals surface area contributed by atoms with Crippen molar-refractivity contribution < 1.29 is 9.47 Å². The molecule has 1 aromatic rings. The van der Waals surface area contributed by atoms with Crippen LogP contribution in [-0.4, -0.2) is 54.8 Å². The second-order valence-electron chi connectivity index (χ2n) is 5.40. The summed E-state index contributed by atoms with van der Waals surface area (Å²) in [6.45, 7) is 4.79. The number of nitrogens with one attached hydrogen (secondary N) is 1. The summed E-state index contributed by atoms with van der Waals surface area (Å²) >= 11 is 0. The van der Waals surface area contributed by atoms with Gasteiger partial charge in [-0.2, -0.15) is 4.98 Å². The zero-order chi connectivity index (χ0) is 15.1. The predicted octanol–water partition coefficient (Wildman–Crippen LogP) is 2.17. The first-order chi connectivity index (χ1) is 10.3. The molecule has 1 atom stereocenters. The fourth-order valence-corrected chi connectivity index (χ4v) is 2.65. The van der Waals surface area contributed by atoms with E-state index in [1.165, 1.54) is 25.7 Å². The smallest absolute Gasteiger partial charge is 0.262 e. The van der Waals surface area contributed by atoms with Gasteiger partial charge in [0.25, 0.3) is 5.88 Å². The molecule has 1 aliphatic rings. The van der Waals surface area contributed by atoms with Crippen LogP contribution < -0.4 is 14.8 Å². The molecule has 2 rings (SSSR count). The quantitative estimate of drug-likeness (QED) is 0.793. The Hall–Kier alpha value is -1.56. The molecule has 1 saturated heterocycles. The van der Waals surface area contributed by atoms with E-state index in [1.807, 2.05) is 0 Å². The monoisotopic (exact) mass is 294 g/mol. The van der Waals surface area contributed by atoms with E-state index < -0.39 is 0 Å². The number of anilines is 1. The average Bonchev–Trinajstić information content (AvgIpc) is 2.90. The Bertz CT molecular complexity index is 442.